The van der Waals surface area contributed by atoms with E-state index in [9.17, 15) is 0 Å². The van der Waals surface area contributed by atoms with E-state index < -0.39 is 0 Å². The second kappa shape index (κ2) is 6.65. The fourth-order valence-corrected chi connectivity index (χ4v) is 0.380. The van der Waals surface area contributed by atoms with E-state index in [0.717, 1.165) is 0 Å². The van der Waals surface area contributed by atoms with Crippen molar-refractivity contribution in [3.05, 3.63) is 0 Å². The molecule has 0 radical (unpaired) electrons. The predicted molar refractivity (Wildman–Crippen MR) is 44.7 cm³/mol. The van der Waals surface area contributed by atoms with E-state index in [1.807, 2.05) is 29.9 Å². The summed E-state index contributed by atoms with van der Waals surface area (Å²) < 4.78 is 1.53. The van der Waals surface area contributed by atoms with Gasteiger partial charge in [0.15, 0.2) is 0 Å². The number of halogens is 1. The van der Waals surface area contributed by atoms with Gasteiger partial charge in [0.05, 0.1) is 36.6 Å². The molecule has 5 nitrogen and oxygen atoms in total. The highest BCUT2D eigenvalue weighted by Crippen LogP contribution is 1.99. The number of hydrogen-bond donors (Lipinski definition) is 2. The Hall–Kier alpha value is 0.530. The molecule has 0 aromatic carbocycles. The van der Waals surface area contributed by atoms with Crippen molar-refractivity contribution in [1.82, 2.24) is 14.5 Å². The SMILES string of the molecule is CON(I)N(C)CN.N. The van der Waals surface area contributed by atoms with E-state index in [1.54, 1.807) is 12.1 Å². The van der Waals surface area contributed by atoms with Gasteiger partial charge in [-0.15, -0.1) is 0 Å². The molecule has 5 N–H and O–H groups in total. The van der Waals surface area contributed by atoms with Gasteiger partial charge in [0.25, 0.3) is 0 Å². The number of hydrazine groups is 1. The third-order valence-electron chi connectivity index (χ3n) is 0.683. The van der Waals surface area contributed by atoms with Crippen LogP contribution in [0.3, 0.4) is 0 Å². The van der Waals surface area contributed by atoms with Crippen LogP contribution in [-0.4, -0.2) is 29.2 Å². The van der Waals surface area contributed by atoms with Gasteiger partial charge in [-0.2, -0.15) is 5.01 Å². The van der Waals surface area contributed by atoms with E-state index in [0.29, 0.717) is 6.67 Å². The van der Waals surface area contributed by atoms with Crippen molar-refractivity contribution in [2.75, 3.05) is 20.8 Å². The van der Waals surface area contributed by atoms with Crippen LogP contribution in [0.2, 0.25) is 0 Å². The van der Waals surface area contributed by atoms with E-state index in [-0.39, 0.29) is 6.15 Å². The monoisotopic (exact) mass is 248 g/mol. The summed E-state index contributed by atoms with van der Waals surface area (Å²) in [5, 5.41) is 1.72. The highest BCUT2D eigenvalue weighted by molar-refractivity contribution is 14.1. The highest BCUT2D eigenvalue weighted by atomic mass is 127. The number of nitrogens with two attached hydrogens (primary N) is 1. The van der Waals surface area contributed by atoms with Gasteiger partial charge in [-0.25, -0.2) is 0 Å². The number of hydrogen-bond acceptors (Lipinski definition) is 5. The first-order valence-electron chi connectivity index (χ1n) is 2.13. The third-order valence-corrected chi connectivity index (χ3v) is 1.81. The summed E-state index contributed by atoms with van der Waals surface area (Å²) in [6.45, 7) is 0.455. The van der Waals surface area contributed by atoms with E-state index >= 15 is 0 Å². The third kappa shape index (κ3) is 5.00. The lowest BCUT2D eigenvalue weighted by molar-refractivity contribution is -0.152. The maximum atomic E-state index is 5.25. The smallest absolute Gasteiger partial charge is 0.0714 e. The minimum absolute atomic E-state index is 0. The molecule has 0 aliphatic carbocycles. The van der Waals surface area contributed by atoms with Crippen molar-refractivity contribution in [3.63, 3.8) is 0 Å². The lowest BCUT2D eigenvalue weighted by Gasteiger charge is -2.20. The maximum absolute atomic E-state index is 5.25. The van der Waals surface area contributed by atoms with Crippen LogP contribution in [0.5, 0.6) is 0 Å². The van der Waals surface area contributed by atoms with Crippen molar-refractivity contribution in [3.8, 4) is 0 Å². The van der Waals surface area contributed by atoms with Crippen molar-refractivity contribution >= 4 is 22.9 Å². The molecule has 0 heterocycles. The molecule has 0 aromatic heterocycles. The minimum Gasteiger partial charge on any atom is -0.344 e. The Morgan fingerprint density at radius 2 is 2.11 bits per heavy atom. The molecule has 0 aromatic rings. The molecule has 0 aliphatic rings. The standard InChI is InChI=1S/C3H10IN3O.H3N/c1-6(3-5)7(4)8-2;/h3,5H2,1-2H3;1H3. The second-order valence-electron chi connectivity index (χ2n) is 1.25. The van der Waals surface area contributed by atoms with Crippen molar-refractivity contribution in [1.29, 1.82) is 0 Å². The van der Waals surface area contributed by atoms with E-state index in [1.165, 1.54) is 3.39 Å². The van der Waals surface area contributed by atoms with Crippen LogP contribution in [0.25, 0.3) is 0 Å². The first kappa shape index (κ1) is 12.2. The molecule has 0 bridgehead atoms. The summed E-state index contributed by atoms with van der Waals surface area (Å²) in [5.41, 5.74) is 5.25. The summed E-state index contributed by atoms with van der Waals surface area (Å²) in [7, 11) is 3.41. The Kier molecular flexibility index (Phi) is 9.03. The van der Waals surface area contributed by atoms with Gasteiger partial charge in [0, 0.05) is 7.05 Å². The van der Waals surface area contributed by atoms with E-state index in [4.69, 9.17) is 10.6 Å². The van der Waals surface area contributed by atoms with Gasteiger partial charge in [-0.3, -0.25) is 4.84 Å². The largest absolute Gasteiger partial charge is 0.344 e. The Labute approximate surface area is 69.1 Å². The van der Waals surface area contributed by atoms with Gasteiger partial charge >= 0.3 is 0 Å². The average molecular weight is 248 g/mol. The van der Waals surface area contributed by atoms with E-state index in [2.05, 4.69) is 0 Å². The molecule has 0 rings (SSSR count). The van der Waals surface area contributed by atoms with Gasteiger partial charge in [0.1, 0.15) is 0 Å². The zero-order valence-electron chi connectivity index (χ0n) is 5.67. The topological polar surface area (TPSA) is 76.7 Å². The highest BCUT2D eigenvalue weighted by Gasteiger charge is 2.00. The van der Waals surface area contributed by atoms with Crippen molar-refractivity contribution in [2.45, 2.75) is 0 Å². The summed E-state index contributed by atoms with van der Waals surface area (Å²) >= 11 is 1.99. The Morgan fingerprint density at radius 1 is 1.67 bits per heavy atom. The summed E-state index contributed by atoms with van der Waals surface area (Å²) in [4.78, 5) is 4.77. The molecule has 0 amide bonds. The van der Waals surface area contributed by atoms with Crippen LogP contribution in [0.4, 0.5) is 0 Å². The summed E-state index contributed by atoms with van der Waals surface area (Å²) in [6.07, 6.45) is 0. The number of rotatable bonds is 3. The maximum Gasteiger partial charge on any atom is 0.0714 e. The zero-order chi connectivity index (χ0) is 6.57. The lowest BCUT2D eigenvalue weighted by atomic mass is 11.0. The summed E-state index contributed by atoms with van der Waals surface area (Å²) in [6, 6.07) is 0. The summed E-state index contributed by atoms with van der Waals surface area (Å²) in [5.74, 6) is 0. The molecular weight excluding hydrogens is 235 g/mol. The molecule has 0 spiro atoms. The number of nitrogens with zero attached hydrogens (tertiary/aromatic N) is 2. The lowest BCUT2D eigenvalue weighted by Crippen LogP contribution is -2.35. The van der Waals surface area contributed by atoms with Crippen LogP contribution < -0.4 is 11.9 Å². The first-order valence-corrected chi connectivity index (χ1v) is 3.10. The van der Waals surface area contributed by atoms with Crippen LogP contribution >= 0.6 is 22.9 Å². The fourth-order valence-electron chi connectivity index (χ4n) is 0.204. The van der Waals surface area contributed by atoms with Crippen LogP contribution in [0.1, 0.15) is 0 Å². The Balaban J connectivity index is 0. The van der Waals surface area contributed by atoms with Crippen molar-refractivity contribution < 1.29 is 4.84 Å². The first-order chi connectivity index (χ1) is 3.72. The van der Waals surface area contributed by atoms with Crippen LogP contribution in [0.15, 0.2) is 0 Å². The molecule has 0 atom stereocenters. The zero-order valence-corrected chi connectivity index (χ0v) is 7.83. The van der Waals surface area contributed by atoms with Crippen LogP contribution in [0, 0.1) is 0 Å². The van der Waals surface area contributed by atoms with Crippen molar-refractivity contribution in [2.24, 2.45) is 5.73 Å². The van der Waals surface area contributed by atoms with Gasteiger partial charge in [-0.1, -0.05) is 3.39 Å². The molecule has 0 fully saturated rings. The molecule has 6 heteroatoms. The molecule has 9 heavy (non-hydrogen) atoms. The molecule has 58 valence electrons. The van der Waals surface area contributed by atoms with Gasteiger partial charge in [0.2, 0.25) is 0 Å². The fraction of sp³-hybridized carbons (Fsp3) is 1.00. The molecular formula is C3H13IN4O. The molecule has 0 aliphatic heterocycles. The normalized spacial score (nSPS) is 10.0. The molecule has 0 saturated carbocycles. The Bertz CT molecular complexity index is 55.8. The Morgan fingerprint density at radius 3 is 2.22 bits per heavy atom. The average Bonchev–Trinajstić information content (AvgIpc) is 1.84. The quantitative estimate of drug-likeness (QED) is 0.321. The minimum atomic E-state index is 0. The van der Waals surface area contributed by atoms with Crippen LogP contribution in [-0.2, 0) is 4.84 Å². The molecule has 0 unspecified atom stereocenters. The predicted octanol–water partition coefficient (Wildman–Crippen LogP) is 0.125. The second-order valence-corrected chi connectivity index (χ2v) is 2.07. The van der Waals surface area contributed by atoms with Gasteiger partial charge < -0.3 is 11.9 Å². The molecule has 0 saturated heterocycles. The van der Waals surface area contributed by atoms with Gasteiger partial charge in [-0.05, 0) is 0 Å².